The number of carbonyl (C=O) groups is 1. The van der Waals surface area contributed by atoms with Gasteiger partial charge in [0.05, 0.1) is 17.0 Å². The number of benzene rings is 1. The molecular weight excluding hydrogens is 414 g/mol. The topological polar surface area (TPSA) is 97.2 Å². The van der Waals surface area contributed by atoms with E-state index < -0.39 is 10.0 Å². The number of nitrogens with one attached hydrogen (secondary N) is 1. The summed E-state index contributed by atoms with van der Waals surface area (Å²) in [5.41, 5.74) is 2.71. The number of carbonyl (C=O) groups excluding carboxylic acids is 1. The van der Waals surface area contributed by atoms with Crippen molar-refractivity contribution in [3.8, 4) is 0 Å². The molecule has 0 atom stereocenters. The highest BCUT2D eigenvalue weighted by Gasteiger charge is 2.26. The lowest BCUT2D eigenvalue weighted by molar-refractivity contribution is -0.121. The van der Waals surface area contributed by atoms with Crippen LogP contribution in [0.15, 0.2) is 34.7 Å². The van der Waals surface area contributed by atoms with Gasteiger partial charge in [-0.2, -0.15) is 4.31 Å². The first-order chi connectivity index (χ1) is 15.0. The summed E-state index contributed by atoms with van der Waals surface area (Å²) in [7, 11) is -3.50. The molecule has 2 aromatic rings. The Hall–Kier alpha value is -2.26. The molecule has 0 spiro atoms. The first-order valence-electron chi connectivity index (χ1n) is 11.3. The molecule has 8 nitrogen and oxygen atoms in total. The number of rotatable bonds is 8. The van der Waals surface area contributed by atoms with Gasteiger partial charge in [0.2, 0.25) is 15.9 Å². The first-order valence-corrected chi connectivity index (χ1v) is 12.8. The van der Waals surface area contributed by atoms with E-state index in [4.69, 9.17) is 0 Å². The average molecular weight is 446 g/mol. The second kappa shape index (κ2) is 9.91. The third-order valence-electron chi connectivity index (χ3n) is 6.14. The largest absolute Gasteiger partial charge is 0.356 e. The molecule has 1 aliphatic carbocycles. The maximum atomic E-state index is 12.9. The van der Waals surface area contributed by atoms with Crippen molar-refractivity contribution in [2.75, 3.05) is 19.6 Å². The Morgan fingerprint density at radius 1 is 1.10 bits per heavy atom. The number of hydrogen-bond donors (Lipinski definition) is 1. The number of allylic oxidation sites excluding steroid dienone is 1. The van der Waals surface area contributed by atoms with Gasteiger partial charge >= 0.3 is 0 Å². The van der Waals surface area contributed by atoms with Gasteiger partial charge in [-0.15, -0.1) is 5.10 Å². The molecule has 1 aliphatic heterocycles. The van der Waals surface area contributed by atoms with Crippen molar-refractivity contribution in [2.45, 2.75) is 69.2 Å². The van der Waals surface area contributed by atoms with E-state index in [1.54, 1.807) is 27.2 Å². The second-order valence-electron chi connectivity index (χ2n) is 8.39. The highest BCUT2D eigenvalue weighted by molar-refractivity contribution is 7.89. The van der Waals surface area contributed by atoms with E-state index >= 15 is 0 Å². The van der Waals surface area contributed by atoms with Gasteiger partial charge in [0.15, 0.2) is 0 Å². The monoisotopic (exact) mass is 445 g/mol. The first kappa shape index (κ1) is 22.0. The number of amides is 1. The van der Waals surface area contributed by atoms with Crippen molar-refractivity contribution in [3.63, 3.8) is 0 Å². The van der Waals surface area contributed by atoms with Gasteiger partial charge in [0, 0.05) is 26.1 Å². The highest BCUT2D eigenvalue weighted by atomic mass is 32.2. The van der Waals surface area contributed by atoms with E-state index in [1.165, 1.54) is 18.4 Å². The van der Waals surface area contributed by atoms with Crippen LogP contribution in [0.4, 0.5) is 0 Å². The summed E-state index contributed by atoms with van der Waals surface area (Å²) >= 11 is 0. The standard InChI is InChI=1S/C22H31N5O3S/c28-22(23-13-11-18-7-3-1-4-8-18)12-16-27-21-10-9-19(17-20(21)24-25-27)31(29,30)26-14-5-2-6-15-26/h7,9-10,17H,1-6,8,11-16H2,(H,23,28). The third kappa shape index (κ3) is 5.33. The molecule has 4 rings (SSSR count). The zero-order valence-corrected chi connectivity index (χ0v) is 18.7. The quantitative estimate of drug-likeness (QED) is 0.630. The van der Waals surface area contributed by atoms with Gasteiger partial charge in [0.25, 0.3) is 0 Å². The number of nitrogens with zero attached hydrogens (tertiary/aromatic N) is 4. The lowest BCUT2D eigenvalue weighted by Gasteiger charge is -2.25. The smallest absolute Gasteiger partial charge is 0.243 e. The third-order valence-corrected chi connectivity index (χ3v) is 8.04. The number of fused-ring (bicyclic) bond motifs is 1. The number of piperidine rings is 1. The predicted octanol–water partition coefficient (Wildman–Crippen LogP) is 3.00. The minimum Gasteiger partial charge on any atom is -0.356 e. The van der Waals surface area contributed by atoms with Crippen molar-refractivity contribution in [3.05, 3.63) is 29.8 Å². The predicted molar refractivity (Wildman–Crippen MR) is 119 cm³/mol. The van der Waals surface area contributed by atoms with Crippen LogP contribution in [0.3, 0.4) is 0 Å². The number of aryl methyl sites for hydroxylation is 1. The zero-order chi connectivity index (χ0) is 21.7. The Bertz CT molecular complexity index is 1050. The maximum absolute atomic E-state index is 12.9. The average Bonchev–Trinajstić information content (AvgIpc) is 3.21. The van der Waals surface area contributed by atoms with Gasteiger partial charge in [-0.1, -0.05) is 23.3 Å². The summed E-state index contributed by atoms with van der Waals surface area (Å²) in [6.45, 7) is 2.21. The van der Waals surface area contributed by atoms with Crippen LogP contribution >= 0.6 is 0 Å². The molecule has 1 aromatic heterocycles. The van der Waals surface area contributed by atoms with Crippen molar-refractivity contribution in [1.29, 1.82) is 0 Å². The molecular formula is C22H31N5O3S. The summed E-state index contributed by atoms with van der Waals surface area (Å²) in [6, 6.07) is 4.93. The zero-order valence-electron chi connectivity index (χ0n) is 17.9. The molecule has 0 saturated carbocycles. The molecule has 1 amide bonds. The van der Waals surface area contributed by atoms with E-state index in [0.717, 1.165) is 44.0 Å². The number of aromatic nitrogens is 3. The molecule has 2 aliphatic rings. The van der Waals surface area contributed by atoms with Gasteiger partial charge in [-0.3, -0.25) is 4.79 Å². The SMILES string of the molecule is O=C(CCn1nnc2cc(S(=O)(=O)N3CCCCC3)ccc21)NCCC1=CCCCC1. The van der Waals surface area contributed by atoms with Crippen molar-refractivity contribution < 1.29 is 13.2 Å². The normalized spacial score (nSPS) is 18.1. The Morgan fingerprint density at radius 3 is 2.71 bits per heavy atom. The molecule has 1 N–H and O–H groups in total. The molecule has 1 aromatic carbocycles. The van der Waals surface area contributed by atoms with Crippen molar-refractivity contribution in [1.82, 2.24) is 24.6 Å². The van der Waals surface area contributed by atoms with Gasteiger partial charge < -0.3 is 5.32 Å². The Kier molecular flexibility index (Phi) is 7.02. The fraction of sp³-hybridized carbons (Fsp3) is 0.591. The molecule has 0 radical (unpaired) electrons. The summed E-state index contributed by atoms with van der Waals surface area (Å²) in [4.78, 5) is 12.5. The van der Waals surface area contributed by atoms with E-state index in [-0.39, 0.29) is 10.8 Å². The molecule has 9 heteroatoms. The van der Waals surface area contributed by atoms with E-state index in [2.05, 4.69) is 21.7 Å². The molecule has 2 heterocycles. The summed E-state index contributed by atoms with van der Waals surface area (Å²) in [6.07, 6.45) is 11.2. The molecule has 168 valence electrons. The molecule has 31 heavy (non-hydrogen) atoms. The Labute approximate surface area is 183 Å². The van der Waals surface area contributed by atoms with Crippen molar-refractivity contribution in [2.24, 2.45) is 0 Å². The highest BCUT2D eigenvalue weighted by Crippen LogP contribution is 2.23. The summed E-state index contributed by atoms with van der Waals surface area (Å²) in [5.74, 6) is -0.00986. The van der Waals surface area contributed by atoms with E-state index in [0.29, 0.717) is 38.1 Å². The maximum Gasteiger partial charge on any atom is 0.243 e. The minimum atomic E-state index is -3.50. The van der Waals surface area contributed by atoms with Crippen molar-refractivity contribution >= 4 is 27.0 Å². The van der Waals surface area contributed by atoms with E-state index in [1.807, 2.05) is 0 Å². The minimum absolute atomic E-state index is 0.00986. The summed E-state index contributed by atoms with van der Waals surface area (Å²) in [5, 5.41) is 11.2. The molecule has 1 saturated heterocycles. The number of hydrogen-bond acceptors (Lipinski definition) is 5. The van der Waals surface area contributed by atoms with Crippen LogP contribution in [0, 0.1) is 0 Å². The molecule has 0 bridgehead atoms. The van der Waals surface area contributed by atoms with Crippen LogP contribution in [-0.4, -0.2) is 53.3 Å². The fourth-order valence-electron chi connectivity index (χ4n) is 4.32. The van der Waals surface area contributed by atoms with Gasteiger partial charge in [0.1, 0.15) is 5.52 Å². The van der Waals surface area contributed by atoms with Crippen LogP contribution in [0.2, 0.25) is 0 Å². The fourth-order valence-corrected chi connectivity index (χ4v) is 5.86. The van der Waals surface area contributed by atoms with Crippen LogP contribution < -0.4 is 5.32 Å². The number of sulfonamides is 1. The lowest BCUT2D eigenvalue weighted by Crippen LogP contribution is -2.35. The van der Waals surface area contributed by atoms with Gasteiger partial charge in [-0.25, -0.2) is 13.1 Å². The Balaban J connectivity index is 1.33. The molecule has 1 fully saturated rings. The summed E-state index contributed by atoms with van der Waals surface area (Å²) < 4.78 is 29.0. The van der Waals surface area contributed by atoms with Crippen LogP contribution in [0.5, 0.6) is 0 Å². The van der Waals surface area contributed by atoms with Crippen LogP contribution in [0.25, 0.3) is 11.0 Å². The van der Waals surface area contributed by atoms with Crippen LogP contribution in [0.1, 0.15) is 57.8 Å². The van der Waals surface area contributed by atoms with Gasteiger partial charge in [-0.05, 0) is 63.1 Å². The lowest BCUT2D eigenvalue weighted by atomic mass is 9.97. The Morgan fingerprint density at radius 2 is 1.94 bits per heavy atom. The van der Waals surface area contributed by atoms with Crippen LogP contribution in [-0.2, 0) is 21.4 Å². The molecule has 0 unspecified atom stereocenters. The second-order valence-corrected chi connectivity index (χ2v) is 10.3. The van der Waals surface area contributed by atoms with E-state index in [9.17, 15) is 13.2 Å².